The summed E-state index contributed by atoms with van der Waals surface area (Å²) in [6, 6.07) is 7.38. The molecule has 0 saturated carbocycles. The molecule has 0 aliphatic rings. The summed E-state index contributed by atoms with van der Waals surface area (Å²) in [5.74, 6) is 0.0869. The van der Waals surface area contributed by atoms with Crippen LogP contribution in [-0.4, -0.2) is 33.5 Å². The standard InChI is InChI=1S/C11H18N2O2S2/c1-3-12-8-9-17(14,15)13-10-6-4-5-7-11(10)16-2/h4-7,12-13H,3,8-9H2,1-2H3. The molecule has 0 heterocycles. The molecular weight excluding hydrogens is 256 g/mol. The Morgan fingerprint density at radius 3 is 2.65 bits per heavy atom. The van der Waals surface area contributed by atoms with Crippen molar-refractivity contribution in [3.63, 3.8) is 0 Å². The summed E-state index contributed by atoms with van der Waals surface area (Å²) in [5, 5.41) is 2.99. The van der Waals surface area contributed by atoms with Gasteiger partial charge < -0.3 is 5.32 Å². The Morgan fingerprint density at radius 1 is 1.29 bits per heavy atom. The highest BCUT2D eigenvalue weighted by Crippen LogP contribution is 2.25. The first kappa shape index (κ1) is 14.3. The van der Waals surface area contributed by atoms with Crippen LogP contribution in [0.15, 0.2) is 29.2 Å². The second-order valence-corrected chi connectivity index (χ2v) is 6.16. The van der Waals surface area contributed by atoms with E-state index in [2.05, 4.69) is 10.0 Å². The minimum Gasteiger partial charge on any atom is -0.316 e. The van der Waals surface area contributed by atoms with Gasteiger partial charge in [0.05, 0.1) is 11.4 Å². The Balaban J connectivity index is 2.69. The number of sulfonamides is 1. The van der Waals surface area contributed by atoms with Crippen molar-refractivity contribution in [1.82, 2.24) is 5.32 Å². The normalized spacial score (nSPS) is 11.4. The molecule has 0 atom stereocenters. The molecule has 6 heteroatoms. The van der Waals surface area contributed by atoms with E-state index in [0.29, 0.717) is 12.2 Å². The van der Waals surface area contributed by atoms with Gasteiger partial charge in [0, 0.05) is 11.4 Å². The fourth-order valence-electron chi connectivity index (χ4n) is 1.33. The molecule has 0 radical (unpaired) electrons. The number of rotatable bonds is 7. The molecule has 0 unspecified atom stereocenters. The molecular formula is C11H18N2O2S2. The lowest BCUT2D eigenvalue weighted by molar-refractivity contribution is 0.597. The number of hydrogen-bond acceptors (Lipinski definition) is 4. The van der Waals surface area contributed by atoms with E-state index >= 15 is 0 Å². The van der Waals surface area contributed by atoms with Gasteiger partial charge in [-0.1, -0.05) is 19.1 Å². The zero-order chi connectivity index (χ0) is 12.7. The van der Waals surface area contributed by atoms with E-state index in [1.165, 1.54) is 11.8 Å². The van der Waals surface area contributed by atoms with Crippen molar-refractivity contribution >= 4 is 27.5 Å². The summed E-state index contributed by atoms with van der Waals surface area (Å²) >= 11 is 1.52. The molecule has 0 aromatic heterocycles. The van der Waals surface area contributed by atoms with Crippen molar-refractivity contribution < 1.29 is 8.42 Å². The van der Waals surface area contributed by atoms with Gasteiger partial charge in [0.15, 0.2) is 0 Å². The second-order valence-electron chi connectivity index (χ2n) is 3.47. The summed E-state index contributed by atoms with van der Waals surface area (Å²) in [5.41, 5.74) is 0.650. The Hall–Kier alpha value is -0.720. The van der Waals surface area contributed by atoms with Crippen LogP contribution in [-0.2, 0) is 10.0 Å². The van der Waals surface area contributed by atoms with Gasteiger partial charge in [0.1, 0.15) is 0 Å². The molecule has 2 N–H and O–H groups in total. The average Bonchev–Trinajstić information content (AvgIpc) is 2.29. The molecule has 0 saturated heterocycles. The highest BCUT2D eigenvalue weighted by molar-refractivity contribution is 7.99. The lowest BCUT2D eigenvalue weighted by Crippen LogP contribution is -2.26. The Bertz CT molecular complexity index is 447. The van der Waals surface area contributed by atoms with Gasteiger partial charge in [-0.3, -0.25) is 4.72 Å². The molecule has 17 heavy (non-hydrogen) atoms. The maximum Gasteiger partial charge on any atom is 0.234 e. The van der Waals surface area contributed by atoms with Gasteiger partial charge in [-0.15, -0.1) is 11.8 Å². The Morgan fingerprint density at radius 2 is 2.00 bits per heavy atom. The van der Waals surface area contributed by atoms with Gasteiger partial charge in [-0.2, -0.15) is 0 Å². The van der Waals surface area contributed by atoms with Crippen LogP contribution >= 0.6 is 11.8 Å². The van der Waals surface area contributed by atoms with Gasteiger partial charge >= 0.3 is 0 Å². The average molecular weight is 274 g/mol. The molecule has 1 aromatic carbocycles. The summed E-state index contributed by atoms with van der Waals surface area (Å²) in [4.78, 5) is 0.930. The van der Waals surface area contributed by atoms with Crippen LogP contribution in [0.3, 0.4) is 0 Å². The van der Waals surface area contributed by atoms with Crippen LogP contribution in [0.2, 0.25) is 0 Å². The van der Waals surface area contributed by atoms with Gasteiger partial charge in [-0.05, 0) is 24.9 Å². The van der Waals surface area contributed by atoms with Crippen LogP contribution in [0.4, 0.5) is 5.69 Å². The predicted octanol–water partition coefficient (Wildman–Crippen LogP) is 1.76. The number of nitrogens with one attached hydrogen (secondary N) is 2. The van der Waals surface area contributed by atoms with Crippen molar-refractivity contribution in [2.45, 2.75) is 11.8 Å². The van der Waals surface area contributed by atoms with E-state index in [1.807, 2.05) is 31.4 Å². The quantitative estimate of drug-likeness (QED) is 0.587. The molecule has 0 aliphatic carbocycles. The first-order valence-corrected chi connectivity index (χ1v) is 8.31. The largest absolute Gasteiger partial charge is 0.316 e. The predicted molar refractivity (Wildman–Crippen MR) is 74.2 cm³/mol. The van der Waals surface area contributed by atoms with Crippen molar-refractivity contribution in [1.29, 1.82) is 0 Å². The zero-order valence-corrected chi connectivity index (χ0v) is 11.7. The third kappa shape index (κ3) is 4.97. The third-order valence-electron chi connectivity index (χ3n) is 2.17. The first-order chi connectivity index (χ1) is 8.09. The lowest BCUT2D eigenvalue weighted by atomic mass is 10.3. The summed E-state index contributed by atoms with van der Waals surface area (Å²) in [7, 11) is -3.27. The number of hydrogen-bond donors (Lipinski definition) is 2. The molecule has 0 bridgehead atoms. The molecule has 0 fully saturated rings. The van der Waals surface area contributed by atoms with Crippen molar-refractivity contribution in [3.8, 4) is 0 Å². The minimum absolute atomic E-state index is 0.0869. The zero-order valence-electron chi connectivity index (χ0n) is 10.1. The second kappa shape index (κ2) is 6.88. The molecule has 0 aliphatic heterocycles. The topological polar surface area (TPSA) is 58.2 Å². The Kier molecular flexibility index (Phi) is 5.80. The van der Waals surface area contributed by atoms with E-state index in [9.17, 15) is 8.42 Å². The summed E-state index contributed by atoms with van der Waals surface area (Å²) in [6.07, 6.45) is 1.92. The summed E-state index contributed by atoms with van der Waals surface area (Å²) in [6.45, 7) is 3.19. The van der Waals surface area contributed by atoms with E-state index in [0.717, 1.165) is 11.4 Å². The highest BCUT2D eigenvalue weighted by Gasteiger charge is 2.11. The maximum absolute atomic E-state index is 11.8. The molecule has 0 amide bonds. The fourth-order valence-corrected chi connectivity index (χ4v) is 2.98. The molecule has 1 aromatic rings. The van der Waals surface area contributed by atoms with Gasteiger partial charge in [0.25, 0.3) is 0 Å². The van der Waals surface area contributed by atoms with Gasteiger partial charge in [0.2, 0.25) is 10.0 Å². The molecule has 0 spiro atoms. The minimum atomic E-state index is -3.27. The third-order valence-corrected chi connectivity index (χ3v) is 4.24. The van der Waals surface area contributed by atoms with Crippen molar-refractivity contribution in [2.24, 2.45) is 0 Å². The van der Waals surface area contributed by atoms with E-state index < -0.39 is 10.0 Å². The number of anilines is 1. The number of para-hydroxylation sites is 1. The maximum atomic E-state index is 11.8. The SMILES string of the molecule is CCNCCS(=O)(=O)Nc1ccccc1SC. The fraction of sp³-hybridized carbons (Fsp3) is 0.455. The van der Waals surface area contributed by atoms with Crippen LogP contribution < -0.4 is 10.0 Å². The van der Waals surface area contributed by atoms with Crippen molar-refractivity contribution in [2.75, 3.05) is 29.8 Å². The van der Waals surface area contributed by atoms with Crippen LogP contribution in [0.1, 0.15) is 6.92 Å². The van der Waals surface area contributed by atoms with Crippen LogP contribution in [0, 0.1) is 0 Å². The molecule has 1 rings (SSSR count). The number of thioether (sulfide) groups is 1. The van der Waals surface area contributed by atoms with E-state index in [-0.39, 0.29) is 5.75 Å². The van der Waals surface area contributed by atoms with Crippen molar-refractivity contribution in [3.05, 3.63) is 24.3 Å². The highest BCUT2D eigenvalue weighted by atomic mass is 32.2. The first-order valence-electron chi connectivity index (χ1n) is 5.43. The monoisotopic (exact) mass is 274 g/mol. The molecule has 4 nitrogen and oxygen atoms in total. The lowest BCUT2D eigenvalue weighted by Gasteiger charge is -2.11. The van der Waals surface area contributed by atoms with Crippen LogP contribution in [0.25, 0.3) is 0 Å². The van der Waals surface area contributed by atoms with E-state index in [4.69, 9.17) is 0 Å². The number of benzene rings is 1. The van der Waals surface area contributed by atoms with Crippen LogP contribution in [0.5, 0.6) is 0 Å². The molecule has 96 valence electrons. The van der Waals surface area contributed by atoms with Gasteiger partial charge in [-0.25, -0.2) is 8.42 Å². The Labute approximate surface area is 107 Å². The van der Waals surface area contributed by atoms with E-state index in [1.54, 1.807) is 6.07 Å². The smallest absolute Gasteiger partial charge is 0.234 e. The summed E-state index contributed by atoms with van der Waals surface area (Å²) < 4.78 is 26.2.